The number of amides is 2. The van der Waals surface area contributed by atoms with Crippen LogP contribution in [0.5, 0.6) is 0 Å². The summed E-state index contributed by atoms with van der Waals surface area (Å²) in [6, 6.07) is 6.06. The normalized spacial score (nSPS) is 21.7. The first-order chi connectivity index (χ1) is 11.6. The maximum atomic E-state index is 13.6. The topological polar surface area (TPSA) is 61.9 Å². The van der Waals surface area contributed by atoms with Crippen LogP contribution in [0.4, 0.5) is 10.1 Å². The number of hydrogen-bond donors (Lipinski definition) is 1. The summed E-state index contributed by atoms with van der Waals surface area (Å²) in [5.41, 5.74) is 0.167. The molecule has 1 N–H and O–H groups in total. The fraction of sp³-hybridized carbons (Fsp3) is 0.529. The molecule has 2 aliphatic rings. The Labute approximate surface area is 140 Å². The number of carbonyl (C=O) groups is 2. The summed E-state index contributed by atoms with van der Waals surface area (Å²) in [6.45, 7) is 3.06. The Bertz CT molecular complexity index is 604. The molecule has 130 valence electrons. The molecule has 2 heterocycles. The number of hydrogen-bond acceptors (Lipinski definition) is 4. The molecule has 1 atom stereocenters. The van der Waals surface area contributed by atoms with Gasteiger partial charge in [-0.05, 0) is 25.0 Å². The van der Waals surface area contributed by atoms with Crippen LogP contribution in [0, 0.1) is 5.82 Å². The average molecular weight is 335 g/mol. The van der Waals surface area contributed by atoms with Crippen molar-refractivity contribution in [2.75, 3.05) is 44.6 Å². The molecule has 0 aliphatic carbocycles. The second kappa shape index (κ2) is 7.72. The molecule has 7 heteroatoms. The first kappa shape index (κ1) is 16.9. The Morgan fingerprint density at radius 3 is 2.71 bits per heavy atom. The molecule has 2 aliphatic heterocycles. The highest BCUT2D eigenvalue weighted by molar-refractivity contribution is 5.92. The highest BCUT2D eigenvalue weighted by Crippen LogP contribution is 2.15. The molecule has 0 aromatic heterocycles. The van der Waals surface area contributed by atoms with E-state index >= 15 is 0 Å². The van der Waals surface area contributed by atoms with Gasteiger partial charge in [0.2, 0.25) is 5.91 Å². The minimum absolute atomic E-state index is 0.00621. The number of halogens is 1. The Kier molecular flexibility index (Phi) is 5.42. The Balaban J connectivity index is 1.52. The monoisotopic (exact) mass is 335 g/mol. The summed E-state index contributed by atoms with van der Waals surface area (Å²) in [6.07, 6.45) is 1.55. The van der Waals surface area contributed by atoms with Crippen LogP contribution < -0.4 is 5.32 Å². The average Bonchev–Trinajstić information content (AvgIpc) is 3.11. The highest BCUT2D eigenvalue weighted by Gasteiger charge is 2.32. The summed E-state index contributed by atoms with van der Waals surface area (Å²) >= 11 is 0. The molecule has 0 radical (unpaired) electrons. The van der Waals surface area contributed by atoms with Gasteiger partial charge in [0, 0.05) is 26.2 Å². The van der Waals surface area contributed by atoms with Gasteiger partial charge in [-0.25, -0.2) is 4.39 Å². The van der Waals surface area contributed by atoms with Crippen LogP contribution in [0.2, 0.25) is 0 Å². The lowest BCUT2D eigenvalue weighted by atomic mass is 10.2. The van der Waals surface area contributed by atoms with Crippen LogP contribution in [-0.2, 0) is 14.3 Å². The van der Waals surface area contributed by atoms with Gasteiger partial charge in [0.15, 0.2) is 0 Å². The smallest absolute Gasteiger partial charge is 0.253 e. The number of morpholine rings is 1. The van der Waals surface area contributed by atoms with Gasteiger partial charge in [0.05, 0.1) is 18.8 Å². The number of ether oxygens (including phenoxy) is 1. The van der Waals surface area contributed by atoms with Crippen LogP contribution in [0.3, 0.4) is 0 Å². The van der Waals surface area contributed by atoms with Gasteiger partial charge in [0.25, 0.3) is 5.91 Å². The second-order valence-electron chi connectivity index (χ2n) is 6.15. The summed E-state index contributed by atoms with van der Waals surface area (Å²) in [5.74, 6) is -0.754. The standard InChI is InChI=1S/C17H22FN3O3/c18-13-5-1-2-6-14(13)19-16(22)12-20-9-10-24-15(11-20)17(23)21-7-3-4-8-21/h1-2,5-6,15H,3-4,7-12H2,(H,19,22). The Morgan fingerprint density at radius 1 is 1.21 bits per heavy atom. The minimum atomic E-state index is -0.516. The largest absolute Gasteiger partial charge is 0.366 e. The van der Waals surface area contributed by atoms with E-state index in [1.165, 1.54) is 12.1 Å². The SMILES string of the molecule is O=C(CN1CCOC(C(=O)N2CCCC2)C1)Nc1ccccc1F. The molecule has 6 nitrogen and oxygen atoms in total. The minimum Gasteiger partial charge on any atom is -0.366 e. The zero-order chi connectivity index (χ0) is 16.9. The fourth-order valence-corrected chi connectivity index (χ4v) is 3.09. The van der Waals surface area contributed by atoms with E-state index < -0.39 is 11.9 Å². The summed E-state index contributed by atoms with van der Waals surface area (Å²) in [4.78, 5) is 28.2. The summed E-state index contributed by atoms with van der Waals surface area (Å²) in [5, 5.41) is 2.56. The van der Waals surface area contributed by atoms with Gasteiger partial charge in [-0.15, -0.1) is 0 Å². The molecule has 3 rings (SSSR count). The third-order valence-electron chi connectivity index (χ3n) is 4.36. The van der Waals surface area contributed by atoms with E-state index in [1.54, 1.807) is 12.1 Å². The Hall–Kier alpha value is -1.99. The maximum absolute atomic E-state index is 13.6. The van der Waals surface area contributed by atoms with E-state index in [9.17, 15) is 14.0 Å². The highest BCUT2D eigenvalue weighted by atomic mass is 19.1. The van der Waals surface area contributed by atoms with Crippen molar-refractivity contribution in [1.29, 1.82) is 0 Å². The zero-order valence-corrected chi connectivity index (χ0v) is 13.5. The van der Waals surface area contributed by atoms with Gasteiger partial charge >= 0.3 is 0 Å². The second-order valence-corrected chi connectivity index (χ2v) is 6.15. The molecule has 2 saturated heterocycles. The molecule has 2 amide bonds. The van der Waals surface area contributed by atoms with E-state index in [0.29, 0.717) is 19.7 Å². The van der Waals surface area contributed by atoms with Crippen molar-refractivity contribution in [3.63, 3.8) is 0 Å². The van der Waals surface area contributed by atoms with Crippen molar-refractivity contribution in [3.05, 3.63) is 30.1 Å². The van der Waals surface area contributed by atoms with Crippen molar-refractivity contribution >= 4 is 17.5 Å². The third kappa shape index (κ3) is 4.10. The zero-order valence-electron chi connectivity index (χ0n) is 13.5. The molecule has 1 unspecified atom stereocenters. The van der Waals surface area contributed by atoms with E-state index in [1.807, 2.05) is 9.80 Å². The quantitative estimate of drug-likeness (QED) is 0.895. The lowest BCUT2D eigenvalue weighted by Crippen LogP contribution is -2.52. The van der Waals surface area contributed by atoms with Crippen LogP contribution in [0.25, 0.3) is 0 Å². The van der Waals surface area contributed by atoms with Gasteiger partial charge in [-0.2, -0.15) is 0 Å². The molecule has 1 aromatic rings. The van der Waals surface area contributed by atoms with Crippen molar-refractivity contribution in [2.45, 2.75) is 18.9 Å². The Morgan fingerprint density at radius 2 is 1.96 bits per heavy atom. The molecule has 1 aromatic carbocycles. The molecular weight excluding hydrogens is 313 g/mol. The van der Waals surface area contributed by atoms with Crippen LogP contribution in [0.15, 0.2) is 24.3 Å². The third-order valence-corrected chi connectivity index (χ3v) is 4.36. The number of carbonyl (C=O) groups excluding carboxylic acids is 2. The van der Waals surface area contributed by atoms with Gasteiger partial charge in [-0.3, -0.25) is 14.5 Å². The van der Waals surface area contributed by atoms with Crippen LogP contribution in [-0.4, -0.2) is 67.0 Å². The number of nitrogens with one attached hydrogen (secondary N) is 1. The van der Waals surface area contributed by atoms with Gasteiger partial charge < -0.3 is 15.0 Å². The number of benzene rings is 1. The number of likely N-dealkylation sites (tertiary alicyclic amines) is 1. The molecule has 0 spiro atoms. The lowest BCUT2D eigenvalue weighted by Gasteiger charge is -2.33. The van der Waals surface area contributed by atoms with E-state index in [-0.39, 0.29) is 24.0 Å². The van der Waals surface area contributed by atoms with E-state index in [0.717, 1.165) is 25.9 Å². The number of nitrogens with zero attached hydrogens (tertiary/aromatic N) is 2. The first-order valence-electron chi connectivity index (χ1n) is 8.30. The molecular formula is C17H22FN3O3. The van der Waals surface area contributed by atoms with Gasteiger partial charge in [-0.1, -0.05) is 12.1 Å². The summed E-state index contributed by atoms with van der Waals surface area (Å²) < 4.78 is 19.1. The van der Waals surface area contributed by atoms with Crippen molar-refractivity contribution in [3.8, 4) is 0 Å². The fourth-order valence-electron chi connectivity index (χ4n) is 3.09. The predicted molar refractivity (Wildman–Crippen MR) is 87.0 cm³/mol. The van der Waals surface area contributed by atoms with Crippen molar-refractivity contribution in [1.82, 2.24) is 9.80 Å². The van der Waals surface area contributed by atoms with Gasteiger partial charge in [0.1, 0.15) is 11.9 Å². The summed E-state index contributed by atoms with van der Waals surface area (Å²) in [7, 11) is 0. The maximum Gasteiger partial charge on any atom is 0.253 e. The van der Waals surface area contributed by atoms with E-state index in [2.05, 4.69) is 5.32 Å². The molecule has 0 saturated carbocycles. The van der Waals surface area contributed by atoms with Crippen LogP contribution in [0.1, 0.15) is 12.8 Å². The van der Waals surface area contributed by atoms with E-state index in [4.69, 9.17) is 4.74 Å². The predicted octanol–water partition coefficient (Wildman–Crippen LogP) is 1.09. The number of rotatable bonds is 4. The molecule has 0 bridgehead atoms. The lowest BCUT2D eigenvalue weighted by molar-refractivity contribution is -0.149. The first-order valence-corrected chi connectivity index (χ1v) is 8.30. The van der Waals surface area contributed by atoms with Crippen LogP contribution >= 0.6 is 0 Å². The van der Waals surface area contributed by atoms with Crippen molar-refractivity contribution < 1.29 is 18.7 Å². The molecule has 24 heavy (non-hydrogen) atoms. The number of para-hydroxylation sites is 1. The molecule has 2 fully saturated rings. The number of anilines is 1. The van der Waals surface area contributed by atoms with Crippen molar-refractivity contribution in [2.24, 2.45) is 0 Å².